The maximum Gasteiger partial charge on any atom is 0.326 e. The van der Waals surface area contributed by atoms with Gasteiger partial charge in [0, 0.05) is 26.3 Å². The smallest absolute Gasteiger partial charge is 0.326 e. The molecule has 0 unspecified atom stereocenters. The minimum Gasteiger partial charge on any atom is -0.480 e. The summed E-state index contributed by atoms with van der Waals surface area (Å²) in [5.74, 6) is -0.490. The Kier molecular flexibility index (Phi) is 4.22. The molecule has 1 aliphatic heterocycles. The largest absolute Gasteiger partial charge is 0.480 e. The number of pyridine rings is 1. The zero-order valence-electron chi connectivity index (χ0n) is 11.7. The van der Waals surface area contributed by atoms with E-state index in [2.05, 4.69) is 9.88 Å². The van der Waals surface area contributed by atoms with Crippen LogP contribution in [0.1, 0.15) is 30.1 Å². The van der Waals surface area contributed by atoms with E-state index in [1.807, 2.05) is 6.07 Å². The fourth-order valence-electron chi connectivity index (χ4n) is 2.19. The Labute approximate surface area is 118 Å². The van der Waals surface area contributed by atoms with Crippen LogP contribution in [0.2, 0.25) is 0 Å². The third-order valence-corrected chi connectivity index (χ3v) is 3.68. The number of aromatic nitrogens is 1. The Morgan fingerprint density at radius 2 is 2.00 bits per heavy atom. The molecule has 0 aromatic carbocycles. The fourth-order valence-corrected chi connectivity index (χ4v) is 2.19. The zero-order valence-corrected chi connectivity index (χ0v) is 11.7. The van der Waals surface area contributed by atoms with Crippen molar-refractivity contribution in [1.82, 2.24) is 9.88 Å². The molecular formula is C14H19N3O3. The van der Waals surface area contributed by atoms with Gasteiger partial charge in [0.05, 0.1) is 5.56 Å². The molecular weight excluding hydrogens is 258 g/mol. The fraction of sp³-hybridized carbons (Fsp3) is 0.500. The number of hydrogen-bond acceptors (Lipinski definition) is 4. The molecule has 0 spiro atoms. The number of nitrogens with zero attached hydrogens (tertiary/aromatic N) is 3. The summed E-state index contributed by atoms with van der Waals surface area (Å²) in [6, 6.07) is 2.66. The van der Waals surface area contributed by atoms with Crippen molar-refractivity contribution in [2.24, 2.45) is 0 Å². The van der Waals surface area contributed by atoms with Crippen molar-refractivity contribution in [3.63, 3.8) is 0 Å². The standard InChI is InChI=1S/C14H19N3O3/c1-10(14(19)20)16(2)13(18)11-5-6-12(15-9-11)17-7-3-4-8-17/h5-6,9-10H,3-4,7-8H2,1-2H3,(H,19,20)/t10-/m1/s1. The van der Waals surface area contributed by atoms with Crippen LogP contribution in [-0.2, 0) is 4.79 Å². The summed E-state index contributed by atoms with van der Waals surface area (Å²) in [5, 5.41) is 8.92. The quantitative estimate of drug-likeness (QED) is 0.896. The second kappa shape index (κ2) is 5.90. The SMILES string of the molecule is C[C@H](C(=O)O)N(C)C(=O)c1ccc(N2CCCC2)nc1. The number of aliphatic carboxylic acids is 1. The Morgan fingerprint density at radius 1 is 1.35 bits per heavy atom. The summed E-state index contributed by atoms with van der Waals surface area (Å²) in [6.07, 6.45) is 3.85. The lowest BCUT2D eigenvalue weighted by Gasteiger charge is -2.22. The van der Waals surface area contributed by atoms with Crippen molar-refractivity contribution >= 4 is 17.7 Å². The van der Waals surface area contributed by atoms with Crippen molar-refractivity contribution in [2.75, 3.05) is 25.0 Å². The van der Waals surface area contributed by atoms with Crippen LogP contribution in [0.4, 0.5) is 5.82 Å². The predicted octanol–water partition coefficient (Wildman–Crippen LogP) is 1.23. The molecule has 6 nitrogen and oxygen atoms in total. The van der Waals surface area contributed by atoms with Crippen molar-refractivity contribution in [3.8, 4) is 0 Å². The third kappa shape index (κ3) is 2.89. The van der Waals surface area contributed by atoms with Gasteiger partial charge in [-0.05, 0) is 31.9 Å². The number of amides is 1. The molecule has 1 atom stereocenters. The van der Waals surface area contributed by atoms with E-state index in [0.717, 1.165) is 18.9 Å². The van der Waals surface area contributed by atoms with Gasteiger partial charge in [-0.25, -0.2) is 9.78 Å². The van der Waals surface area contributed by atoms with Crippen LogP contribution in [0.25, 0.3) is 0 Å². The van der Waals surface area contributed by atoms with E-state index >= 15 is 0 Å². The molecule has 2 heterocycles. The molecule has 0 radical (unpaired) electrons. The van der Waals surface area contributed by atoms with Gasteiger partial charge in [0.2, 0.25) is 0 Å². The summed E-state index contributed by atoms with van der Waals surface area (Å²) in [6.45, 7) is 3.47. The Balaban J connectivity index is 2.09. The first-order valence-corrected chi connectivity index (χ1v) is 6.71. The van der Waals surface area contributed by atoms with Crippen molar-refractivity contribution < 1.29 is 14.7 Å². The van der Waals surface area contributed by atoms with E-state index in [1.165, 1.54) is 37.9 Å². The van der Waals surface area contributed by atoms with E-state index in [1.54, 1.807) is 6.07 Å². The van der Waals surface area contributed by atoms with Gasteiger partial charge in [-0.15, -0.1) is 0 Å². The topological polar surface area (TPSA) is 73.7 Å². The Morgan fingerprint density at radius 3 is 2.50 bits per heavy atom. The van der Waals surface area contributed by atoms with E-state index in [9.17, 15) is 9.59 Å². The van der Waals surface area contributed by atoms with Crippen LogP contribution in [-0.4, -0.2) is 53.0 Å². The second-order valence-corrected chi connectivity index (χ2v) is 5.03. The lowest BCUT2D eigenvalue weighted by molar-refractivity contribution is -0.141. The van der Waals surface area contributed by atoms with Crippen LogP contribution in [0.15, 0.2) is 18.3 Å². The van der Waals surface area contributed by atoms with Gasteiger partial charge in [0.25, 0.3) is 5.91 Å². The number of anilines is 1. The lowest BCUT2D eigenvalue weighted by atomic mass is 10.2. The van der Waals surface area contributed by atoms with Gasteiger partial charge in [-0.1, -0.05) is 0 Å². The molecule has 108 valence electrons. The lowest BCUT2D eigenvalue weighted by Crippen LogP contribution is -2.40. The number of likely N-dealkylation sites (N-methyl/N-ethyl adjacent to an activating group) is 1. The van der Waals surface area contributed by atoms with E-state index < -0.39 is 12.0 Å². The first-order chi connectivity index (χ1) is 9.50. The predicted molar refractivity (Wildman–Crippen MR) is 74.9 cm³/mol. The summed E-state index contributed by atoms with van der Waals surface area (Å²) in [5.41, 5.74) is 0.406. The minimum atomic E-state index is -1.03. The molecule has 1 fully saturated rings. The molecule has 1 aromatic rings. The number of carboxylic acids is 1. The maximum atomic E-state index is 12.1. The number of carbonyl (C=O) groups excluding carboxylic acids is 1. The maximum absolute atomic E-state index is 12.1. The molecule has 20 heavy (non-hydrogen) atoms. The van der Waals surface area contributed by atoms with E-state index in [4.69, 9.17) is 5.11 Å². The highest BCUT2D eigenvalue weighted by Gasteiger charge is 2.23. The van der Waals surface area contributed by atoms with Gasteiger partial charge in [-0.3, -0.25) is 4.79 Å². The van der Waals surface area contributed by atoms with Gasteiger partial charge in [0.15, 0.2) is 0 Å². The highest BCUT2D eigenvalue weighted by atomic mass is 16.4. The molecule has 1 saturated heterocycles. The minimum absolute atomic E-state index is 0.333. The molecule has 6 heteroatoms. The summed E-state index contributed by atoms with van der Waals surface area (Å²) >= 11 is 0. The molecule has 0 saturated carbocycles. The van der Waals surface area contributed by atoms with Crippen LogP contribution < -0.4 is 4.90 Å². The van der Waals surface area contributed by atoms with Gasteiger partial charge >= 0.3 is 5.97 Å². The van der Waals surface area contributed by atoms with E-state index in [0.29, 0.717) is 5.56 Å². The molecule has 2 rings (SSSR count). The molecule has 0 bridgehead atoms. The van der Waals surface area contributed by atoms with Gasteiger partial charge < -0.3 is 14.9 Å². The van der Waals surface area contributed by atoms with Crippen LogP contribution in [0, 0.1) is 0 Å². The Hall–Kier alpha value is -2.11. The zero-order chi connectivity index (χ0) is 14.7. The number of carbonyl (C=O) groups is 2. The molecule has 1 aromatic heterocycles. The number of hydrogen-bond donors (Lipinski definition) is 1. The molecule has 1 aliphatic rings. The average Bonchev–Trinajstić information content (AvgIpc) is 2.99. The third-order valence-electron chi connectivity index (χ3n) is 3.68. The normalized spacial score (nSPS) is 16.0. The van der Waals surface area contributed by atoms with Crippen molar-refractivity contribution in [1.29, 1.82) is 0 Å². The van der Waals surface area contributed by atoms with Gasteiger partial charge in [-0.2, -0.15) is 0 Å². The summed E-state index contributed by atoms with van der Waals surface area (Å²) in [7, 11) is 1.48. The van der Waals surface area contributed by atoms with Crippen LogP contribution >= 0.6 is 0 Å². The Bertz CT molecular complexity index is 495. The van der Waals surface area contributed by atoms with Gasteiger partial charge in [0.1, 0.15) is 11.9 Å². The van der Waals surface area contributed by atoms with Crippen LogP contribution in [0.5, 0.6) is 0 Å². The van der Waals surface area contributed by atoms with Crippen LogP contribution in [0.3, 0.4) is 0 Å². The van der Waals surface area contributed by atoms with Crippen molar-refractivity contribution in [3.05, 3.63) is 23.9 Å². The second-order valence-electron chi connectivity index (χ2n) is 5.03. The van der Waals surface area contributed by atoms with Crippen molar-refractivity contribution in [2.45, 2.75) is 25.8 Å². The molecule has 0 aliphatic carbocycles. The average molecular weight is 277 g/mol. The summed E-state index contributed by atoms with van der Waals surface area (Å²) in [4.78, 5) is 30.7. The monoisotopic (exact) mass is 277 g/mol. The first-order valence-electron chi connectivity index (χ1n) is 6.71. The molecule has 1 N–H and O–H groups in total. The number of rotatable bonds is 4. The van der Waals surface area contributed by atoms with E-state index in [-0.39, 0.29) is 5.91 Å². The molecule has 1 amide bonds. The number of carboxylic acid groups (broad SMARTS) is 1. The highest BCUT2D eigenvalue weighted by molar-refractivity contribution is 5.96. The summed E-state index contributed by atoms with van der Waals surface area (Å²) < 4.78 is 0. The highest BCUT2D eigenvalue weighted by Crippen LogP contribution is 2.18. The first kappa shape index (κ1) is 14.3.